The summed E-state index contributed by atoms with van der Waals surface area (Å²) in [4.78, 5) is 11.5. The molecule has 0 radical (unpaired) electrons. The van der Waals surface area contributed by atoms with Gasteiger partial charge in [-0.05, 0) is 86.1 Å². The number of benzene rings is 1. The van der Waals surface area contributed by atoms with Crippen LogP contribution < -0.4 is 0 Å². The van der Waals surface area contributed by atoms with Crippen molar-refractivity contribution in [2.75, 3.05) is 7.11 Å². The minimum Gasteiger partial charge on any atom is -0.469 e. The van der Waals surface area contributed by atoms with Crippen molar-refractivity contribution in [3.8, 4) is 0 Å². The summed E-state index contributed by atoms with van der Waals surface area (Å²) < 4.78 is 4.68. The molecule has 24 heavy (non-hydrogen) atoms. The molecule has 1 atom stereocenters. The number of carbonyl (C=O) groups excluding carboxylic acids is 1. The molecule has 3 nitrogen and oxygen atoms in total. The van der Waals surface area contributed by atoms with Gasteiger partial charge in [-0.2, -0.15) is 0 Å². The maximum Gasteiger partial charge on any atom is 0.308 e. The van der Waals surface area contributed by atoms with Crippen LogP contribution in [-0.4, -0.2) is 23.8 Å². The molecule has 1 aliphatic carbocycles. The molecule has 0 fully saturated rings. The second kappa shape index (κ2) is 6.87. The molecule has 0 saturated carbocycles. The zero-order valence-electron chi connectivity index (χ0n) is 16.1. The first-order chi connectivity index (χ1) is 11.1. The van der Waals surface area contributed by atoms with E-state index in [2.05, 4.69) is 38.5 Å². The van der Waals surface area contributed by atoms with Crippen molar-refractivity contribution < 1.29 is 14.6 Å². The second-order valence-corrected chi connectivity index (χ2v) is 8.30. The van der Waals surface area contributed by atoms with Gasteiger partial charge >= 0.3 is 5.97 Å². The molecule has 1 aromatic rings. The van der Waals surface area contributed by atoms with E-state index in [0.29, 0.717) is 6.42 Å². The van der Waals surface area contributed by atoms with Crippen LogP contribution in [0.1, 0.15) is 74.3 Å². The van der Waals surface area contributed by atoms with E-state index in [1.807, 2.05) is 0 Å². The summed E-state index contributed by atoms with van der Waals surface area (Å²) in [5.74, 6) is -0.362. The van der Waals surface area contributed by atoms with Gasteiger partial charge < -0.3 is 9.84 Å². The predicted octanol–water partition coefficient (Wildman–Crippen LogP) is 4.16. The predicted molar refractivity (Wildman–Crippen MR) is 97.5 cm³/mol. The molecular weight excluding hydrogens is 300 g/mol. The summed E-state index contributed by atoms with van der Waals surface area (Å²) >= 11 is 0. The Kier molecular flexibility index (Phi) is 5.44. The van der Waals surface area contributed by atoms with Crippen molar-refractivity contribution in [1.82, 2.24) is 0 Å². The van der Waals surface area contributed by atoms with E-state index in [0.717, 1.165) is 6.42 Å². The van der Waals surface area contributed by atoms with Crippen molar-refractivity contribution in [1.29, 1.82) is 0 Å². The van der Waals surface area contributed by atoms with E-state index < -0.39 is 5.60 Å². The lowest BCUT2D eigenvalue weighted by atomic mass is 9.70. The Morgan fingerprint density at radius 2 is 2.00 bits per heavy atom. The maximum atomic E-state index is 11.5. The van der Waals surface area contributed by atoms with Crippen molar-refractivity contribution in [3.63, 3.8) is 0 Å². The lowest BCUT2D eigenvalue weighted by molar-refractivity contribution is -0.145. The highest BCUT2D eigenvalue weighted by atomic mass is 16.5. The number of hydrogen-bond donors (Lipinski definition) is 1. The third kappa shape index (κ3) is 4.00. The van der Waals surface area contributed by atoms with Crippen LogP contribution in [0.5, 0.6) is 0 Å². The quantitative estimate of drug-likeness (QED) is 0.823. The Hall–Kier alpha value is -1.35. The van der Waals surface area contributed by atoms with Crippen molar-refractivity contribution in [3.05, 3.63) is 33.9 Å². The van der Waals surface area contributed by atoms with E-state index in [1.165, 1.54) is 54.2 Å². The summed E-state index contributed by atoms with van der Waals surface area (Å²) in [7, 11) is 1.36. The zero-order chi connectivity index (χ0) is 18.1. The monoisotopic (exact) mass is 332 g/mol. The van der Waals surface area contributed by atoms with Crippen LogP contribution in [0.4, 0.5) is 0 Å². The maximum absolute atomic E-state index is 11.5. The molecule has 0 bridgehead atoms. The van der Waals surface area contributed by atoms with E-state index in [-0.39, 0.29) is 17.8 Å². The highest BCUT2D eigenvalue weighted by Gasteiger charge is 2.30. The molecule has 3 heteroatoms. The number of rotatable bonds is 5. The molecule has 0 spiro atoms. The first kappa shape index (κ1) is 19.0. The fraction of sp³-hybridized carbons (Fsp3) is 0.667. The highest BCUT2D eigenvalue weighted by Crippen LogP contribution is 2.40. The van der Waals surface area contributed by atoms with Crippen LogP contribution in [0, 0.1) is 13.8 Å². The lowest BCUT2D eigenvalue weighted by Gasteiger charge is -2.35. The SMILES string of the molecule is COC(=O)C[C@](C)(O)CCc1cc2c(c(C)c1C)CCCC2(C)C. The fourth-order valence-corrected chi connectivity index (χ4v) is 3.94. The Morgan fingerprint density at radius 3 is 2.62 bits per heavy atom. The normalized spacial score (nSPS) is 18.6. The highest BCUT2D eigenvalue weighted by molar-refractivity contribution is 5.70. The first-order valence-electron chi connectivity index (χ1n) is 8.99. The summed E-state index contributed by atoms with van der Waals surface area (Å²) in [6.45, 7) is 10.8. The Labute approximate surface area is 146 Å². The standard InChI is InChI=1S/C21H32O3/c1-14-15(2)17-8-7-10-20(3,4)18(17)12-16(14)9-11-21(5,23)13-19(22)24-6/h12,23H,7-11,13H2,1-6H3/t21-/m1/s1. The lowest BCUT2D eigenvalue weighted by Crippen LogP contribution is -2.29. The second-order valence-electron chi connectivity index (χ2n) is 8.30. The summed E-state index contributed by atoms with van der Waals surface area (Å²) in [5.41, 5.74) is 6.22. The van der Waals surface area contributed by atoms with E-state index in [1.54, 1.807) is 6.92 Å². The third-order valence-corrected chi connectivity index (χ3v) is 5.78. The van der Waals surface area contributed by atoms with Gasteiger partial charge in [0.05, 0.1) is 19.1 Å². The van der Waals surface area contributed by atoms with Crippen LogP contribution in [0.15, 0.2) is 6.07 Å². The third-order valence-electron chi connectivity index (χ3n) is 5.78. The van der Waals surface area contributed by atoms with Crippen molar-refractivity contribution in [2.24, 2.45) is 0 Å². The number of methoxy groups -OCH3 is 1. The Bertz CT molecular complexity index is 626. The molecule has 0 heterocycles. The molecule has 1 N–H and O–H groups in total. The van der Waals surface area contributed by atoms with Gasteiger partial charge in [0.15, 0.2) is 0 Å². The van der Waals surface area contributed by atoms with Gasteiger partial charge in [-0.25, -0.2) is 0 Å². The Morgan fingerprint density at radius 1 is 1.33 bits per heavy atom. The van der Waals surface area contributed by atoms with Gasteiger partial charge in [0.1, 0.15) is 0 Å². The molecule has 0 aromatic heterocycles. The van der Waals surface area contributed by atoms with Crippen LogP contribution in [0.25, 0.3) is 0 Å². The van der Waals surface area contributed by atoms with Gasteiger partial charge in [-0.3, -0.25) is 4.79 Å². The minimum atomic E-state index is -1.03. The van der Waals surface area contributed by atoms with E-state index in [9.17, 15) is 9.90 Å². The molecular formula is C21H32O3. The van der Waals surface area contributed by atoms with E-state index in [4.69, 9.17) is 0 Å². The molecule has 0 unspecified atom stereocenters. The summed E-state index contributed by atoms with van der Waals surface area (Å²) in [5, 5.41) is 10.5. The average molecular weight is 332 g/mol. The number of ether oxygens (including phenoxy) is 1. The number of aliphatic hydroxyl groups is 1. The van der Waals surface area contributed by atoms with Gasteiger partial charge in [0.2, 0.25) is 0 Å². The summed E-state index contributed by atoms with van der Waals surface area (Å²) in [6, 6.07) is 2.35. The fourth-order valence-electron chi connectivity index (χ4n) is 3.94. The largest absolute Gasteiger partial charge is 0.469 e. The smallest absolute Gasteiger partial charge is 0.308 e. The van der Waals surface area contributed by atoms with Crippen LogP contribution in [0.2, 0.25) is 0 Å². The van der Waals surface area contributed by atoms with Crippen LogP contribution >= 0.6 is 0 Å². The molecule has 1 aliphatic rings. The van der Waals surface area contributed by atoms with Crippen LogP contribution in [0.3, 0.4) is 0 Å². The van der Waals surface area contributed by atoms with Crippen LogP contribution in [-0.2, 0) is 27.8 Å². The van der Waals surface area contributed by atoms with E-state index >= 15 is 0 Å². The number of carbonyl (C=O) groups is 1. The number of fused-ring (bicyclic) bond motifs is 1. The van der Waals surface area contributed by atoms with Gasteiger partial charge in [0, 0.05) is 0 Å². The first-order valence-corrected chi connectivity index (χ1v) is 8.99. The average Bonchev–Trinajstić information content (AvgIpc) is 2.49. The van der Waals surface area contributed by atoms with Crippen molar-refractivity contribution in [2.45, 2.75) is 84.2 Å². The number of esters is 1. The molecule has 2 rings (SSSR count). The molecule has 0 aliphatic heterocycles. The minimum absolute atomic E-state index is 0.0396. The topological polar surface area (TPSA) is 46.5 Å². The van der Waals surface area contributed by atoms with Crippen molar-refractivity contribution >= 4 is 5.97 Å². The molecule has 0 amide bonds. The molecule has 134 valence electrons. The Balaban J connectivity index is 2.26. The van der Waals surface area contributed by atoms with Gasteiger partial charge in [0.25, 0.3) is 0 Å². The number of aryl methyl sites for hydroxylation is 1. The summed E-state index contributed by atoms with van der Waals surface area (Å²) in [6.07, 6.45) is 5.03. The van der Waals surface area contributed by atoms with Gasteiger partial charge in [-0.1, -0.05) is 19.9 Å². The molecule has 0 saturated heterocycles. The number of hydrogen-bond acceptors (Lipinski definition) is 3. The zero-order valence-corrected chi connectivity index (χ0v) is 16.1. The van der Waals surface area contributed by atoms with Gasteiger partial charge in [-0.15, -0.1) is 0 Å². The molecule has 1 aromatic carbocycles.